The molecule has 0 aliphatic carbocycles. The van der Waals surface area contributed by atoms with Gasteiger partial charge in [0.1, 0.15) is 0 Å². The third-order valence-corrected chi connectivity index (χ3v) is 5.29. The zero-order valence-electron chi connectivity index (χ0n) is 10.4. The van der Waals surface area contributed by atoms with E-state index in [2.05, 4.69) is 33.1 Å². The maximum absolute atomic E-state index is 11.7. The van der Waals surface area contributed by atoms with Gasteiger partial charge in [0, 0.05) is 28.6 Å². The monoisotopic (exact) mass is 340 g/mol. The van der Waals surface area contributed by atoms with Gasteiger partial charge in [0.05, 0.1) is 16.9 Å². The van der Waals surface area contributed by atoms with Crippen LogP contribution in [0.25, 0.3) is 0 Å². The molecule has 1 unspecified atom stereocenters. The molecule has 1 N–H and O–H groups in total. The summed E-state index contributed by atoms with van der Waals surface area (Å²) in [6.07, 6.45) is 0. The number of benzene rings is 1. The highest BCUT2D eigenvalue weighted by Gasteiger charge is 2.30. The van der Waals surface area contributed by atoms with Crippen molar-refractivity contribution in [3.8, 4) is 0 Å². The predicted molar refractivity (Wildman–Crippen MR) is 81.2 cm³/mol. The van der Waals surface area contributed by atoms with Gasteiger partial charge in [-0.2, -0.15) is 11.8 Å². The summed E-state index contributed by atoms with van der Waals surface area (Å²) in [6, 6.07) is 4.09. The smallest absolute Gasteiger partial charge is 0.296 e. The number of carbonyl (C=O) groups excluding carboxylic acids is 2. The molecule has 0 saturated carbocycles. The molecule has 2 heterocycles. The van der Waals surface area contributed by atoms with E-state index in [1.54, 1.807) is 6.07 Å². The minimum absolute atomic E-state index is 0.445. The highest BCUT2D eigenvalue weighted by atomic mass is 79.9. The van der Waals surface area contributed by atoms with Gasteiger partial charge in [-0.3, -0.25) is 9.59 Å². The van der Waals surface area contributed by atoms with E-state index in [0.717, 1.165) is 28.2 Å². The van der Waals surface area contributed by atoms with Crippen LogP contribution in [0.4, 0.5) is 11.4 Å². The summed E-state index contributed by atoms with van der Waals surface area (Å²) in [7, 11) is 0. The quantitative estimate of drug-likeness (QED) is 0.798. The van der Waals surface area contributed by atoms with Crippen molar-refractivity contribution < 1.29 is 9.59 Å². The number of carbonyl (C=O) groups is 2. The van der Waals surface area contributed by atoms with E-state index in [1.807, 2.05) is 17.8 Å². The minimum Gasteiger partial charge on any atom is -0.366 e. The summed E-state index contributed by atoms with van der Waals surface area (Å²) in [5.41, 5.74) is 2.12. The Bertz CT molecular complexity index is 576. The molecule has 100 valence electrons. The van der Waals surface area contributed by atoms with Crippen LogP contribution in [0.1, 0.15) is 17.3 Å². The van der Waals surface area contributed by atoms with Crippen molar-refractivity contribution in [3.63, 3.8) is 0 Å². The Morgan fingerprint density at radius 3 is 2.95 bits per heavy atom. The van der Waals surface area contributed by atoms with E-state index >= 15 is 0 Å². The number of hydrogen-bond donors (Lipinski definition) is 1. The fourth-order valence-corrected chi connectivity index (χ4v) is 4.04. The molecule has 2 aliphatic rings. The molecule has 2 aliphatic heterocycles. The first kappa shape index (κ1) is 13.0. The predicted octanol–water partition coefficient (Wildman–Crippen LogP) is 2.53. The van der Waals surface area contributed by atoms with Gasteiger partial charge in [-0.1, -0.05) is 0 Å². The summed E-state index contributed by atoms with van der Waals surface area (Å²) in [6.45, 7) is 3.17. The summed E-state index contributed by atoms with van der Waals surface area (Å²) < 4.78 is 0.870. The van der Waals surface area contributed by atoms with Gasteiger partial charge in [0.2, 0.25) is 0 Å². The van der Waals surface area contributed by atoms with Crippen LogP contribution in [0.2, 0.25) is 0 Å². The molecule has 1 fully saturated rings. The van der Waals surface area contributed by atoms with Crippen LogP contribution in [0.15, 0.2) is 16.6 Å². The van der Waals surface area contributed by atoms with Crippen LogP contribution in [-0.2, 0) is 4.79 Å². The van der Waals surface area contributed by atoms with Crippen LogP contribution in [-0.4, -0.2) is 35.8 Å². The highest BCUT2D eigenvalue weighted by Crippen LogP contribution is 2.37. The SMILES string of the molecule is CC1CSCCN1c1cc2c(cc1Br)C(=O)C(=O)N2. The molecule has 4 nitrogen and oxygen atoms in total. The number of anilines is 2. The fourth-order valence-electron chi connectivity index (χ4n) is 2.46. The molecule has 6 heteroatoms. The molecule has 1 aromatic rings. The molecule has 3 rings (SSSR count). The first-order valence-electron chi connectivity index (χ1n) is 6.11. The van der Waals surface area contributed by atoms with Crippen LogP contribution in [0.3, 0.4) is 0 Å². The molecule has 1 aromatic carbocycles. The highest BCUT2D eigenvalue weighted by molar-refractivity contribution is 9.10. The van der Waals surface area contributed by atoms with Gasteiger partial charge in [0.25, 0.3) is 11.7 Å². The number of nitrogens with zero attached hydrogens (tertiary/aromatic N) is 1. The summed E-state index contributed by atoms with van der Waals surface area (Å²) in [5, 5.41) is 2.63. The van der Waals surface area contributed by atoms with E-state index in [1.165, 1.54) is 0 Å². The normalized spacial score (nSPS) is 22.4. The second-order valence-electron chi connectivity index (χ2n) is 4.75. The lowest BCUT2D eigenvalue weighted by Crippen LogP contribution is -2.40. The van der Waals surface area contributed by atoms with Crippen LogP contribution in [0, 0.1) is 0 Å². The van der Waals surface area contributed by atoms with Gasteiger partial charge in [0.15, 0.2) is 0 Å². The second kappa shape index (κ2) is 4.83. The molecular formula is C13H13BrN2O2S. The number of ketones is 1. The Morgan fingerprint density at radius 1 is 1.42 bits per heavy atom. The topological polar surface area (TPSA) is 49.4 Å². The number of fused-ring (bicyclic) bond motifs is 1. The average Bonchev–Trinajstić information content (AvgIpc) is 2.66. The zero-order valence-corrected chi connectivity index (χ0v) is 12.8. The lowest BCUT2D eigenvalue weighted by atomic mass is 10.1. The third-order valence-electron chi connectivity index (χ3n) is 3.46. The van der Waals surface area contributed by atoms with Crippen molar-refractivity contribution in [1.82, 2.24) is 0 Å². The average molecular weight is 341 g/mol. The van der Waals surface area contributed by atoms with Gasteiger partial charge >= 0.3 is 0 Å². The Labute approximate surface area is 124 Å². The Kier molecular flexibility index (Phi) is 3.30. The number of nitrogens with one attached hydrogen (secondary N) is 1. The number of thioether (sulfide) groups is 1. The summed E-state index contributed by atoms with van der Waals surface area (Å²) in [4.78, 5) is 25.4. The Hall–Kier alpha value is -1.01. The van der Waals surface area contributed by atoms with E-state index in [-0.39, 0.29) is 0 Å². The molecule has 0 bridgehead atoms. The number of Topliss-reactive ketones (excluding diaryl/α,β-unsaturated/α-hetero) is 1. The zero-order chi connectivity index (χ0) is 13.6. The van der Waals surface area contributed by atoms with Crippen molar-refractivity contribution in [3.05, 3.63) is 22.2 Å². The molecule has 0 aromatic heterocycles. The lowest BCUT2D eigenvalue weighted by molar-refractivity contribution is -0.112. The van der Waals surface area contributed by atoms with E-state index < -0.39 is 11.7 Å². The molecule has 1 saturated heterocycles. The van der Waals surface area contributed by atoms with Gasteiger partial charge in [-0.15, -0.1) is 0 Å². The molecular weight excluding hydrogens is 328 g/mol. The Balaban J connectivity index is 2.02. The third kappa shape index (κ3) is 2.17. The van der Waals surface area contributed by atoms with Gasteiger partial charge in [-0.05, 0) is 35.0 Å². The van der Waals surface area contributed by atoms with Crippen molar-refractivity contribution >= 4 is 50.8 Å². The van der Waals surface area contributed by atoms with E-state index in [4.69, 9.17) is 0 Å². The van der Waals surface area contributed by atoms with Gasteiger partial charge < -0.3 is 10.2 Å². The van der Waals surface area contributed by atoms with E-state index in [0.29, 0.717) is 17.3 Å². The van der Waals surface area contributed by atoms with Crippen LogP contribution in [0.5, 0.6) is 0 Å². The van der Waals surface area contributed by atoms with Crippen molar-refractivity contribution in [2.24, 2.45) is 0 Å². The van der Waals surface area contributed by atoms with E-state index in [9.17, 15) is 9.59 Å². The summed E-state index contributed by atoms with van der Waals surface area (Å²) >= 11 is 5.47. The summed E-state index contributed by atoms with van der Waals surface area (Å²) in [5.74, 6) is 1.19. The minimum atomic E-state index is -0.540. The Morgan fingerprint density at radius 2 is 2.21 bits per heavy atom. The maximum atomic E-state index is 11.7. The van der Waals surface area contributed by atoms with Crippen molar-refractivity contribution in [2.75, 3.05) is 28.3 Å². The van der Waals surface area contributed by atoms with Crippen LogP contribution >= 0.6 is 27.7 Å². The van der Waals surface area contributed by atoms with Crippen LogP contribution < -0.4 is 10.2 Å². The van der Waals surface area contributed by atoms with Crippen molar-refractivity contribution in [1.29, 1.82) is 0 Å². The number of rotatable bonds is 1. The molecule has 0 radical (unpaired) electrons. The van der Waals surface area contributed by atoms with Gasteiger partial charge in [-0.25, -0.2) is 0 Å². The largest absolute Gasteiger partial charge is 0.366 e. The molecule has 19 heavy (non-hydrogen) atoms. The molecule has 1 atom stereocenters. The standard InChI is InChI=1S/C13H13BrN2O2S/c1-7-6-19-3-2-16(7)11-5-10-8(4-9(11)14)12(17)13(18)15-10/h4-5,7H,2-3,6H2,1H3,(H,15,17,18). The van der Waals surface area contributed by atoms with Crippen molar-refractivity contribution in [2.45, 2.75) is 13.0 Å². The lowest BCUT2D eigenvalue weighted by Gasteiger charge is -2.35. The first-order valence-corrected chi connectivity index (χ1v) is 8.06. The first-order chi connectivity index (χ1) is 9.08. The fraction of sp³-hybridized carbons (Fsp3) is 0.385. The molecule has 1 amide bonds. The number of amides is 1. The number of halogens is 1. The second-order valence-corrected chi connectivity index (χ2v) is 6.75. The maximum Gasteiger partial charge on any atom is 0.296 e. The number of hydrogen-bond acceptors (Lipinski definition) is 4. The molecule has 0 spiro atoms.